The Morgan fingerprint density at radius 3 is 2.78 bits per heavy atom. The van der Waals surface area contributed by atoms with Gasteiger partial charge in [-0.05, 0) is 19.3 Å². The number of carbonyl (C=O) groups is 1. The first-order chi connectivity index (χ1) is 11.1. The summed E-state index contributed by atoms with van der Waals surface area (Å²) < 4.78 is 11.0. The van der Waals surface area contributed by atoms with Crippen molar-refractivity contribution in [2.45, 2.75) is 26.2 Å². The van der Waals surface area contributed by atoms with Crippen molar-refractivity contribution in [2.24, 2.45) is 10.9 Å². The lowest BCUT2D eigenvalue weighted by Crippen LogP contribution is -2.39. The van der Waals surface area contributed by atoms with E-state index in [9.17, 15) is 4.79 Å². The van der Waals surface area contributed by atoms with Crippen LogP contribution >= 0.6 is 0 Å². The highest BCUT2D eigenvalue weighted by atomic mass is 16.5. The number of aliphatic imine (C=N–C) groups is 1. The van der Waals surface area contributed by atoms with Gasteiger partial charge < -0.3 is 25.0 Å². The van der Waals surface area contributed by atoms with Gasteiger partial charge in [-0.1, -0.05) is 6.92 Å². The molecule has 1 heterocycles. The van der Waals surface area contributed by atoms with E-state index in [-0.39, 0.29) is 12.5 Å². The Bertz CT molecular complexity index is 355. The molecule has 1 aliphatic rings. The molecule has 0 saturated carbocycles. The van der Waals surface area contributed by atoms with Crippen molar-refractivity contribution in [2.75, 3.05) is 60.2 Å². The van der Waals surface area contributed by atoms with Crippen LogP contribution in [0.25, 0.3) is 0 Å². The van der Waals surface area contributed by atoms with E-state index >= 15 is 0 Å². The molecule has 0 aliphatic carbocycles. The van der Waals surface area contributed by atoms with E-state index in [1.807, 2.05) is 0 Å². The molecular weight excluding hydrogens is 296 g/mol. The van der Waals surface area contributed by atoms with Gasteiger partial charge in [-0.3, -0.25) is 4.79 Å². The fourth-order valence-electron chi connectivity index (χ4n) is 2.05. The van der Waals surface area contributed by atoms with Gasteiger partial charge in [0, 0.05) is 46.3 Å². The molecule has 1 fully saturated rings. The third-order valence-electron chi connectivity index (χ3n) is 3.55. The molecule has 0 spiro atoms. The first kappa shape index (κ1) is 19.7. The van der Waals surface area contributed by atoms with Gasteiger partial charge in [0.2, 0.25) is 5.91 Å². The summed E-state index contributed by atoms with van der Waals surface area (Å²) in [4.78, 5) is 17.4. The van der Waals surface area contributed by atoms with E-state index in [0.717, 1.165) is 58.8 Å². The number of hydrogen-bond acceptors (Lipinski definition) is 4. The quantitative estimate of drug-likeness (QED) is 0.346. The van der Waals surface area contributed by atoms with Gasteiger partial charge >= 0.3 is 0 Å². The van der Waals surface area contributed by atoms with Crippen LogP contribution in [0.5, 0.6) is 0 Å². The number of ether oxygens (including phenoxy) is 2. The average molecular weight is 328 g/mol. The van der Waals surface area contributed by atoms with Gasteiger partial charge in [0.1, 0.15) is 6.54 Å². The van der Waals surface area contributed by atoms with Crippen molar-refractivity contribution in [3.8, 4) is 0 Å². The van der Waals surface area contributed by atoms with Crippen molar-refractivity contribution in [3.63, 3.8) is 0 Å². The maximum absolute atomic E-state index is 11.6. The van der Waals surface area contributed by atoms with Gasteiger partial charge in [0.05, 0.1) is 13.2 Å². The van der Waals surface area contributed by atoms with E-state index in [4.69, 9.17) is 9.47 Å². The highest BCUT2D eigenvalue weighted by Crippen LogP contribution is 2.12. The van der Waals surface area contributed by atoms with Crippen molar-refractivity contribution < 1.29 is 14.3 Å². The maximum Gasteiger partial charge on any atom is 0.243 e. The predicted octanol–water partition coefficient (Wildman–Crippen LogP) is 0.463. The van der Waals surface area contributed by atoms with Crippen LogP contribution in [0.1, 0.15) is 26.2 Å². The summed E-state index contributed by atoms with van der Waals surface area (Å²) in [5, 5.41) is 6.45. The minimum absolute atomic E-state index is 0.00952. The van der Waals surface area contributed by atoms with Gasteiger partial charge in [0.25, 0.3) is 0 Å². The largest absolute Gasteiger partial charge is 0.381 e. The van der Waals surface area contributed by atoms with E-state index in [2.05, 4.69) is 22.5 Å². The lowest BCUT2D eigenvalue weighted by molar-refractivity contribution is -0.127. The average Bonchev–Trinajstić information content (AvgIpc) is 3.05. The summed E-state index contributed by atoms with van der Waals surface area (Å²) in [6.07, 6.45) is 3.02. The summed E-state index contributed by atoms with van der Waals surface area (Å²) in [5.74, 6) is 1.24. The standard InChI is InChI=1S/C16H32N4O3/c1-4-7-17-16(19-11-15(21)20(2)3)18-8-5-9-22-12-14-6-10-23-13-14/h14H,4-13H2,1-3H3,(H2,17,18,19). The Morgan fingerprint density at radius 1 is 1.35 bits per heavy atom. The molecule has 7 heteroatoms. The van der Waals surface area contributed by atoms with Crippen LogP contribution in [-0.2, 0) is 14.3 Å². The predicted molar refractivity (Wildman–Crippen MR) is 91.7 cm³/mol. The molecule has 2 N–H and O–H groups in total. The zero-order chi connectivity index (χ0) is 16.9. The molecule has 0 aromatic heterocycles. The van der Waals surface area contributed by atoms with E-state index in [1.165, 1.54) is 0 Å². The molecule has 1 amide bonds. The molecule has 7 nitrogen and oxygen atoms in total. The monoisotopic (exact) mass is 328 g/mol. The normalized spacial score (nSPS) is 18.0. The third kappa shape index (κ3) is 9.40. The Labute approximate surface area is 139 Å². The molecule has 0 bridgehead atoms. The fraction of sp³-hybridized carbons (Fsp3) is 0.875. The van der Waals surface area contributed by atoms with Gasteiger partial charge in [-0.2, -0.15) is 0 Å². The highest BCUT2D eigenvalue weighted by Gasteiger charge is 2.15. The number of carbonyl (C=O) groups excluding carboxylic acids is 1. The van der Waals surface area contributed by atoms with Crippen LogP contribution in [0.3, 0.4) is 0 Å². The highest BCUT2D eigenvalue weighted by molar-refractivity contribution is 5.84. The first-order valence-corrected chi connectivity index (χ1v) is 8.51. The SMILES string of the molecule is CCCNC(=NCC(=O)N(C)C)NCCCOCC1CCOC1. The Balaban J connectivity index is 2.16. The number of rotatable bonds is 10. The molecule has 0 aromatic rings. The second-order valence-electron chi connectivity index (χ2n) is 5.96. The van der Waals surface area contributed by atoms with Crippen molar-refractivity contribution in [3.05, 3.63) is 0 Å². The van der Waals surface area contributed by atoms with Crippen molar-refractivity contribution >= 4 is 11.9 Å². The molecule has 23 heavy (non-hydrogen) atoms. The van der Waals surface area contributed by atoms with Crippen LogP contribution in [-0.4, -0.2) is 76.9 Å². The van der Waals surface area contributed by atoms with Gasteiger partial charge in [0.15, 0.2) is 5.96 Å². The van der Waals surface area contributed by atoms with Crippen LogP contribution < -0.4 is 10.6 Å². The molecule has 134 valence electrons. The summed E-state index contributed by atoms with van der Waals surface area (Å²) in [5.41, 5.74) is 0. The third-order valence-corrected chi connectivity index (χ3v) is 3.55. The van der Waals surface area contributed by atoms with Crippen LogP contribution in [0.2, 0.25) is 0 Å². The second-order valence-corrected chi connectivity index (χ2v) is 5.96. The first-order valence-electron chi connectivity index (χ1n) is 8.51. The number of hydrogen-bond donors (Lipinski definition) is 2. The minimum atomic E-state index is -0.00952. The number of likely N-dealkylation sites (N-methyl/N-ethyl adjacent to an activating group) is 1. The van der Waals surface area contributed by atoms with E-state index in [0.29, 0.717) is 11.9 Å². The van der Waals surface area contributed by atoms with Gasteiger partial charge in [-0.15, -0.1) is 0 Å². The topological polar surface area (TPSA) is 75.2 Å². The lowest BCUT2D eigenvalue weighted by Gasteiger charge is -2.13. The Kier molecular flexibility index (Phi) is 10.4. The minimum Gasteiger partial charge on any atom is -0.381 e. The lowest BCUT2D eigenvalue weighted by atomic mass is 10.1. The maximum atomic E-state index is 11.6. The number of nitrogens with zero attached hydrogens (tertiary/aromatic N) is 2. The molecule has 0 radical (unpaired) electrons. The summed E-state index contributed by atoms with van der Waals surface area (Å²) >= 11 is 0. The molecule has 0 aromatic carbocycles. The Hall–Kier alpha value is -1.34. The zero-order valence-corrected chi connectivity index (χ0v) is 14.8. The summed E-state index contributed by atoms with van der Waals surface area (Å²) in [6, 6.07) is 0. The van der Waals surface area contributed by atoms with Crippen LogP contribution in [0.4, 0.5) is 0 Å². The van der Waals surface area contributed by atoms with E-state index < -0.39 is 0 Å². The number of nitrogens with one attached hydrogen (secondary N) is 2. The van der Waals surface area contributed by atoms with Gasteiger partial charge in [-0.25, -0.2) is 4.99 Å². The van der Waals surface area contributed by atoms with Crippen LogP contribution in [0, 0.1) is 5.92 Å². The molecule has 1 aliphatic heterocycles. The molecule has 1 unspecified atom stereocenters. The zero-order valence-electron chi connectivity index (χ0n) is 14.8. The van der Waals surface area contributed by atoms with E-state index in [1.54, 1.807) is 19.0 Å². The fourth-order valence-corrected chi connectivity index (χ4v) is 2.05. The summed E-state index contributed by atoms with van der Waals surface area (Å²) in [7, 11) is 3.47. The Morgan fingerprint density at radius 2 is 2.13 bits per heavy atom. The number of guanidine groups is 1. The second kappa shape index (κ2) is 12.1. The summed E-state index contributed by atoms with van der Waals surface area (Å²) in [6.45, 7) is 7.06. The molecular formula is C16H32N4O3. The van der Waals surface area contributed by atoms with Crippen LogP contribution in [0.15, 0.2) is 4.99 Å². The molecule has 1 saturated heterocycles. The molecule has 1 rings (SSSR count). The smallest absolute Gasteiger partial charge is 0.243 e. The van der Waals surface area contributed by atoms with Crippen molar-refractivity contribution in [1.82, 2.24) is 15.5 Å². The molecule has 1 atom stereocenters. The number of amides is 1. The van der Waals surface area contributed by atoms with Crippen molar-refractivity contribution in [1.29, 1.82) is 0 Å².